The van der Waals surface area contributed by atoms with Crippen molar-refractivity contribution < 1.29 is 26.0 Å². The van der Waals surface area contributed by atoms with E-state index in [4.69, 9.17) is 9.92 Å². The average molecular weight is 851 g/mol. The molecule has 0 amide bonds. The van der Waals surface area contributed by atoms with Gasteiger partial charge in [-0.25, -0.2) is 4.98 Å². The fraction of sp³-hybridized carbons (Fsp3) is 0.222. The smallest absolute Gasteiger partial charge is 0.145 e. The van der Waals surface area contributed by atoms with E-state index in [9.17, 15) is 0 Å². The number of hydroxylamine groups is 1. The molecule has 0 saturated heterocycles. The Morgan fingerprint density at radius 2 is 1.35 bits per heavy atom. The number of anilines is 3. The van der Waals surface area contributed by atoms with E-state index in [0.29, 0.717) is 11.8 Å². The second-order valence-corrected chi connectivity index (χ2v) is 14.5. The van der Waals surface area contributed by atoms with Gasteiger partial charge in [-0.2, -0.15) is 46.4 Å². The van der Waals surface area contributed by atoms with Crippen LogP contribution in [0.1, 0.15) is 75.6 Å². The van der Waals surface area contributed by atoms with Crippen molar-refractivity contribution in [1.29, 1.82) is 0 Å². The number of para-hydroxylation sites is 3. The number of hydrogen-bond donors (Lipinski definition) is 0. The number of fused-ring (bicyclic) bond motifs is 4. The van der Waals surface area contributed by atoms with Crippen molar-refractivity contribution in [3.63, 3.8) is 0 Å². The Kier molecular flexibility index (Phi) is 9.16. The SMILES string of the molecule is CC(C)c1cccc(C(C)C)c1-c1ccnc(-n2c3[c-]c(C(C)(C)c4[c-]c(N5[OH+]N(C)c6ccccc65)ccc4)ccc3c3ccccc32)c1.[Pt]. The van der Waals surface area contributed by atoms with Crippen LogP contribution in [0, 0.1) is 12.1 Å². The maximum absolute atomic E-state index is 5.00. The molecule has 7 aromatic rings. The Hall–Kier alpha value is -4.70. The molecule has 0 fully saturated rings. The van der Waals surface area contributed by atoms with Crippen molar-refractivity contribution in [2.45, 2.75) is 58.8 Å². The van der Waals surface area contributed by atoms with Crippen molar-refractivity contribution in [2.75, 3.05) is 17.2 Å². The molecule has 5 aromatic carbocycles. The van der Waals surface area contributed by atoms with Crippen molar-refractivity contribution in [3.8, 4) is 16.9 Å². The van der Waals surface area contributed by atoms with Crippen LogP contribution in [0.5, 0.6) is 0 Å². The van der Waals surface area contributed by atoms with E-state index in [1.54, 1.807) is 0 Å². The second kappa shape index (κ2) is 13.4. The molecule has 260 valence electrons. The Labute approximate surface area is 315 Å². The van der Waals surface area contributed by atoms with Gasteiger partial charge in [0.1, 0.15) is 17.2 Å². The van der Waals surface area contributed by atoms with Gasteiger partial charge in [0.05, 0.1) is 7.05 Å². The maximum atomic E-state index is 5.00. The molecule has 0 atom stereocenters. The number of pyridine rings is 1. The zero-order valence-electron chi connectivity index (χ0n) is 30.2. The third kappa shape index (κ3) is 5.87. The number of hydrogen-bond acceptors (Lipinski definition) is 3. The van der Waals surface area contributed by atoms with Gasteiger partial charge >= 0.3 is 0 Å². The first kappa shape index (κ1) is 34.7. The van der Waals surface area contributed by atoms with Gasteiger partial charge in [-0.1, -0.05) is 95.6 Å². The minimum atomic E-state index is -0.395. The monoisotopic (exact) mass is 850 g/mol. The Morgan fingerprint density at radius 1 is 0.686 bits per heavy atom. The van der Waals surface area contributed by atoms with Crippen LogP contribution in [0.2, 0.25) is 0 Å². The van der Waals surface area contributed by atoms with Crippen LogP contribution in [0.4, 0.5) is 17.1 Å². The van der Waals surface area contributed by atoms with Gasteiger partial charge in [-0.05, 0) is 75.2 Å². The normalized spacial score (nSPS) is 13.0. The molecule has 0 bridgehead atoms. The van der Waals surface area contributed by atoms with Gasteiger partial charge in [0.15, 0.2) is 0 Å². The zero-order valence-corrected chi connectivity index (χ0v) is 32.4. The Balaban J connectivity index is 0.00000406. The van der Waals surface area contributed by atoms with Crippen LogP contribution in [0.3, 0.4) is 0 Å². The largest absolute Gasteiger partial charge is 0.319 e. The van der Waals surface area contributed by atoms with Crippen molar-refractivity contribution in [3.05, 3.63) is 150 Å². The summed E-state index contributed by atoms with van der Waals surface area (Å²) in [4.78, 5) is 9.81. The summed E-state index contributed by atoms with van der Waals surface area (Å²) in [6.07, 6.45) is 1.96. The van der Waals surface area contributed by atoms with E-state index in [2.05, 4.69) is 161 Å². The number of nitrogens with zero attached hydrogens (tertiary/aromatic N) is 4. The van der Waals surface area contributed by atoms with Gasteiger partial charge < -0.3 is 4.57 Å². The molecule has 51 heavy (non-hydrogen) atoms. The predicted octanol–water partition coefficient (Wildman–Crippen LogP) is 11.4. The van der Waals surface area contributed by atoms with E-state index in [1.165, 1.54) is 27.6 Å². The first-order valence-corrected chi connectivity index (χ1v) is 17.6. The van der Waals surface area contributed by atoms with E-state index in [-0.39, 0.29) is 21.1 Å². The van der Waals surface area contributed by atoms with Crippen molar-refractivity contribution >= 4 is 38.9 Å². The van der Waals surface area contributed by atoms with E-state index >= 15 is 0 Å². The minimum Gasteiger partial charge on any atom is -0.319 e. The molecule has 0 aliphatic carbocycles. The molecular formula is C45H43N4OPt-. The molecule has 8 rings (SSSR count). The van der Waals surface area contributed by atoms with Crippen LogP contribution >= 0.6 is 0 Å². The molecule has 2 aromatic heterocycles. The van der Waals surface area contributed by atoms with Crippen LogP contribution in [0.25, 0.3) is 38.8 Å². The predicted molar refractivity (Wildman–Crippen MR) is 207 cm³/mol. The molecule has 6 heteroatoms. The standard InChI is InChI=1S/C45H42N4O.Pt/c1-29(2)35-17-13-18-36(30(3)4)44(35)31-24-25-46-43(26-31)48-39-19-9-8-16-37(39)38-23-22-33(28-42(38)48)45(5,6)32-14-12-15-34(27-32)49-41-21-11-10-20-40(41)47(7)50-49;/h8-26,29-30H,1-7H3;/q-2;/p+1. The molecule has 0 unspecified atom stereocenters. The minimum absolute atomic E-state index is 0. The van der Waals surface area contributed by atoms with E-state index < -0.39 is 5.41 Å². The van der Waals surface area contributed by atoms with Gasteiger partial charge in [-0.3, -0.25) is 0 Å². The summed E-state index contributed by atoms with van der Waals surface area (Å²) in [6.45, 7) is 13.6. The molecule has 0 spiro atoms. The summed E-state index contributed by atoms with van der Waals surface area (Å²) in [5.74, 6) is 1.69. The van der Waals surface area contributed by atoms with Crippen LogP contribution in [-0.2, 0) is 26.5 Å². The fourth-order valence-corrected chi connectivity index (χ4v) is 7.49. The van der Waals surface area contributed by atoms with Gasteiger partial charge in [0.2, 0.25) is 0 Å². The molecule has 3 heterocycles. The Morgan fingerprint density at radius 3 is 2.10 bits per heavy atom. The third-order valence-electron chi connectivity index (χ3n) is 10.3. The molecule has 5 nitrogen and oxygen atoms in total. The van der Waals surface area contributed by atoms with Crippen LogP contribution in [-0.4, -0.2) is 21.5 Å². The summed E-state index contributed by atoms with van der Waals surface area (Å²) < 4.78 is 2.29. The Bertz CT molecular complexity index is 2360. The van der Waals surface area contributed by atoms with Gasteiger partial charge in [-0.15, -0.1) is 27.6 Å². The molecule has 0 saturated carbocycles. The number of aromatic nitrogens is 2. The third-order valence-corrected chi connectivity index (χ3v) is 10.3. The molecular weight excluding hydrogens is 808 g/mol. The summed E-state index contributed by atoms with van der Waals surface area (Å²) in [7, 11) is 1.98. The van der Waals surface area contributed by atoms with Crippen molar-refractivity contribution in [2.24, 2.45) is 0 Å². The first-order chi connectivity index (χ1) is 24.1. The first-order valence-electron chi connectivity index (χ1n) is 17.6. The molecule has 1 N–H and O–H groups in total. The summed E-state index contributed by atoms with van der Waals surface area (Å²) in [6, 6.07) is 46.5. The summed E-state index contributed by atoms with van der Waals surface area (Å²) in [5.41, 5.74) is 12.2. The van der Waals surface area contributed by atoms with E-state index in [1.807, 2.05) is 29.4 Å². The van der Waals surface area contributed by atoms with Crippen LogP contribution in [0.15, 0.2) is 115 Å². The van der Waals surface area contributed by atoms with Crippen LogP contribution < -0.4 is 10.1 Å². The van der Waals surface area contributed by atoms with Crippen molar-refractivity contribution in [1.82, 2.24) is 9.55 Å². The summed E-state index contributed by atoms with van der Waals surface area (Å²) >= 11 is 0. The maximum Gasteiger partial charge on any atom is 0.145 e. The van der Waals surface area contributed by atoms with Gasteiger partial charge in [0, 0.05) is 38.5 Å². The zero-order chi connectivity index (χ0) is 34.7. The summed E-state index contributed by atoms with van der Waals surface area (Å²) in [5, 5.41) is 6.23. The van der Waals surface area contributed by atoms with E-state index in [0.717, 1.165) is 50.4 Å². The molecule has 0 radical (unpaired) electrons. The quantitative estimate of drug-likeness (QED) is 0.118. The fourth-order valence-electron chi connectivity index (χ4n) is 7.49. The average Bonchev–Trinajstić information content (AvgIpc) is 3.65. The number of rotatable bonds is 7. The van der Waals surface area contributed by atoms with Gasteiger partial charge in [0.25, 0.3) is 0 Å². The second-order valence-electron chi connectivity index (χ2n) is 14.5. The molecule has 1 aliphatic rings. The molecule has 1 aliphatic heterocycles. The number of benzene rings is 5. The topological polar surface area (TPSA) is 37.1 Å².